The minimum atomic E-state index is -0.0468. The van der Waals surface area contributed by atoms with Crippen LogP contribution in [0.1, 0.15) is 0 Å². The first kappa shape index (κ1) is 7.36. The number of aromatic amines is 1. The first-order valence-electron chi connectivity index (χ1n) is 3.47. The number of rotatable bonds is 1. The van der Waals surface area contributed by atoms with Gasteiger partial charge < -0.3 is 9.72 Å². The summed E-state index contributed by atoms with van der Waals surface area (Å²) < 4.78 is 5.97. The molecule has 12 heavy (non-hydrogen) atoms. The second-order valence-electron chi connectivity index (χ2n) is 2.35. The van der Waals surface area contributed by atoms with Crippen molar-refractivity contribution in [3.05, 3.63) is 27.9 Å². The van der Waals surface area contributed by atoms with E-state index in [1.54, 1.807) is 7.11 Å². The summed E-state index contributed by atoms with van der Waals surface area (Å²) in [5.41, 5.74) is 0.837. The van der Waals surface area contributed by atoms with E-state index in [-0.39, 0.29) is 4.87 Å². The Morgan fingerprint density at radius 2 is 2.33 bits per heavy atom. The lowest BCUT2D eigenvalue weighted by molar-refractivity contribution is 0.420. The molecule has 1 aromatic heterocycles. The van der Waals surface area contributed by atoms with Gasteiger partial charge in [0.2, 0.25) is 0 Å². The number of methoxy groups -OCH3 is 1. The Morgan fingerprint density at radius 1 is 1.50 bits per heavy atom. The molecule has 1 heterocycles. The fourth-order valence-electron chi connectivity index (χ4n) is 1.11. The second kappa shape index (κ2) is 2.64. The molecule has 0 fully saturated rings. The van der Waals surface area contributed by atoms with Crippen LogP contribution in [0.4, 0.5) is 0 Å². The normalized spacial score (nSPS) is 10.4. The SMILES string of the molecule is COc1cccc2[nH]c(=O)sc12. The van der Waals surface area contributed by atoms with Crippen molar-refractivity contribution in [1.29, 1.82) is 0 Å². The third-order valence-electron chi connectivity index (χ3n) is 1.63. The van der Waals surface area contributed by atoms with Gasteiger partial charge >= 0.3 is 4.87 Å². The van der Waals surface area contributed by atoms with Crippen LogP contribution in [-0.2, 0) is 0 Å². The van der Waals surface area contributed by atoms with Crippen LogP contribution in [0.5, 0.6) is 5.75 Å². The molecule has 0 spiro atoms. The molecule has 0 radical (unpaired) electrons. The lowest BCUT2D eigenvalue weighted by atomic mass is 10.3. The molecular formula is C8H7NO2S. The largest absolute Gasteiger partial charge is 0.495 e. The molecule has 3 nitrogen and oxygen atoms in total. The van der Waals surface area contributed by atoms with Gasteiger partial charge in [-0.05, 0) is 12.1 Å². The highest BCUT2D eigenvalue weighted by atomic mass is 32.1. The van der Waals surface area contributed by atoms with E-state index in [2.05, 4.69) is 4.98 Å². The van der Waals surface area contributed by atoms with Gasteiger partial charge in [-0.3, -0.25) is 4.79 Å². The molecule has 0 saturated heterocycles. The minimum absolute atomic E-state index is 0.0468. The van der Waals surface area contributed by atoms with Crippen LogP contribution >= 0.6 is 11.3 Å². The van der Waals surface area contributed by atoms with Gasteiger partial charge in [-0.2, -0.15) is 0 Å². The van der Waals surface area contributed by atoms with Crippen molar-refractivity contribution in [2.75, 3.05) is 7.11 Å². The molecule has 0 aliphatic carbocycles. The number of aromatic nitrogens is 1. The summed E-state index contributed by atoms with van der Waals surface area (Å²) in [7, 11) is 1.60. The molecule has 2 rings (SSSR count). The van der Waals surface area contributed by atoms with Gasteiger partial charge in [0.15, 0.2) is 0 Å². The summed E-state index contributed by atoms with van der Waals surface area (Å²) in [5, 5.41) is 0. The van der Waals surface area contributed by atoms with Crippen LogP contribution < -0.4 is 9.61 Å². The van der Waals surface area contributed by atoms with Crippen LogP contribution in [0.3, 0.4) is 0 Å². The number of fused-ring (bicyclic) bond motifs is 1. The molecular weight excluding hydrogens is 174 g/mol. The first-order chi connectivity index (χ1) is 5.81. The van der Waals surface area contributed by atoms with E-state index in [1.807, 2.05) is 18.2 Å². The summed E-state index contributed by atoms with van der Waals surface area (Å²) in [4.78, 5) is 13.6. The fraction of sp³-hybridized carbons (Fsp3) is 0.125. The summed E-state index contributed by atoms with van der Waals surface area (Å²) in [6.45, 7) is 0. The van der Waals surface area contributed by atoms with Crippen molar-refractivity contribution in [2.24, 2.45) is 0 Å². The average Bonchev–Trinajstić information content (AvgIpc) is 2.44. The van der Waals surface area contributed by atoms with E-state index in [0.29, 0.717) is 0 Å². The van der Waals surface area contributed by atoms with Crippen molar-refractivity contribution in [3.63, 3.8) is 0 Å². The van der Waals surface area contributed by atoms with Gasteiger partial charge in [0.05, 0.1) is 17.3 Å². The van der Waals surface area contributed by atoms with E-state index in [0.717, 1.165) is 16.0 Å². The van der Waals surface area contributed by atoms with Gasteiger partial charge in [-0.1, -0.05) is 17.4 Å². The van der Waals surface area contributed by atoms with E-state index >= 15 is 0 Å². The number of benzene rings is 1. The number of thiazole rings is 1. The highest BCUT2D eigenvalue weighted by molar-refractivity contribution is 7.16. The molecule has 4 heteroatoms. The smallest absolute Gasteiger partial charge is 0.305 e. The molecule has 0 amide bonds. The molecule has 2 aromatic rings. The van der Waals surface area contributed by atoms with Gasteiger partial charge in [0.25, 0.3) is 0 Å². The first-order valence-corrected chi connectivity index (χ1v) is 4.29. The van der Waals surface area contributed by atoms with Crippen molar-refractivity contribution in [1.82, 2.24) is 4.98 Å². The second-order valence-corrected chi connectivity index (χ2v) is 3.33. The zero-order chi connectivity index (χ0) is 8.55. The van der Waals surface area contributed by atoms with Crippen LogP contribution in [0.2, 0.25) is 0 Å². The summed E-state index contributed by atoms with van der Waals surface area (Å²) in [6, 6.07) is 5.55. The molecule has 0 atom stereocenters. The third-order valence-corrected chi connectivity index (χ3v) is 2.54. The van der Waals surface area contributed by atoms with Crippen molar-refractivity contribution in [3.8, 4) is 5.75 Å². The van der Waals surface area contributed by atoms with Crippen molar-refractivity contribution < 1.29 is 4.74 Å². The highest BCUT2D eigenvalue weighted by Crippen LogP contribution is 2.25. The lowest BCUT2D eigenvalue weighted by Crippen LogP contribution is -1.89. The zero-order valence-corrected chi connectivity index (χ0v) is 7.27. The van der Waals surface area contributed by atoms with Crippen molar-refractivity contribution >= 4 is 21.6 Å². The fourth-order valence-corrected chi connectivity index (χ4v) is 1.94. The molecule has 0 aliphatic heterocycles. The third kappa shape index (κ3) is 1.00. The topological polar surface area (TPSA) is 42.1 Å². The monoisotopic (exact) mass is 181 g/mol. The molecule has 0 saturated carbocycles. The molecule has 62 valence electrons. The highest BCUT2D eigenvalue weighted by Gasteiger charge is 2.03. The van der Waals surface area contributed by atoms with Gasteiger partial charge in [0, 0.05) is 0 Å². The van der Waals surface area contributed by atoms with E-state index in [4.69, 9.17) is 4.74 Å². The standard InChI is InChI=1S/C8H7NO2S/c1-11-6-4-2-3-5-7(6)12-8(10)9-5/h2-4H,1H3,(H,9,10). The molecule has 0 bridgehead atoms. The Labute approximate surface area is 72.6 Å². The summed E-state index contributed by atoms with van der Waals surface area (Å²) in [5.74, 6) is 0.746. The quantitative estimate of drug-likeness (QED) is 0.726. The predicted molar refractivity (Wildman–Crippen MR) is 49.0 cm³/mol. The van der Waals surface area contributed by atoms with Gasteiger partial charge in [-0.15, -0.1) is 0 Å². The van der Waals surface area contributed by atoms with E-state index < -0.39 is 0 Å². The maximum absolute atomic E-state index is 11.0. The molecule has 1 aromatic carbocycles. The molecule has 0 aliphatic rings. The van der Waals surface area contributed by atoms with Crippen LogP contribution in [0.15, 0.2) is 23.0 Å². The Kier molecular flexibility index (Phi) is 1.62. The van der Waals surface area contributed by atoms with E-state index in [9.17, 15) is 4.79 Å². The van der Waals surface area contributed by atoms with Crippen LogP contribution in [0, 0.1) is 0 Å². The van der Waals surface area contributed by atoms with Crippen LogP contribution in [0.25, 0.3) is 10.2 Å². The van der Waals surface area contributed by atoms with Gasteiger partial charge in [0.1, 0.15) is 5.75 Å². The zero-order valence-electron chi connectivity index (χ0n) is 6.46. The predicted octanol–water partition coefficient (Wildman–Crippen LogP) is 1.60. The maximum atomic E-state index is 11.0. The number of hydrogen-bond donors (Lipinski definition) is 1. The lowest BCUT2D eigenvalue weighted by Gasteiger charge is -1.97. The van der Waals surface area contributed by atoms with E-state index in [1.165, 1.54) is 11.3 Å². The number of nitrogens with one attached hydrogen (secondary N) is 1. The number of ether oxygens (including phenoxy) is 1. The maximum Gasteiger partial charge on any atom is 0.305 e. The number of H-pyrrole nitrogens is 1. The summed E-state index contributed by atoms with van der Waals surface area (Å²) in [6.07, 6.45) is 0. The van der Waals surface area contributed by atoms with Gasteiger partial charge in [-0.25, -0.2) is 0 Å². The van der Waals surface area contributed by atoms with Crippen LogP contribution in [-0.4, -0.2) is 12.1 Å². The van der Waals surface area contributed by atoms with Crippen molar-refractivity contribution in [2.45, 2.75) is 0 Å². The minimum Gasteiger partial charge on any atom is -0.495 e. The Hall–Kier alpha value is -1.29. The Bertz CT molecular complexity index is 457. The Balaban J connectivity index is 2.87. The average molecular weight is 181 g/mol. The molecule has 0 unspecified atom stereocenters. The Morgan fingerprint density at radius 3 is 3.08 bits per heavy atom. The summed E-state index contributed by atoms with van der Waals surface area (Å²) >= 11 is 1.17. The number of hydrogen-bond acceptors (Lipinski definition) is 3. The molecule has 1 N–H and O–H groups in total.